The number of fused-ring (bicyclic) bond motifs is 3. The molecule has 1 saturated heterocycles. The number of rotatable bonds is 6. The van der Waals surface area contributed by atoms with Gasteiger partial charge in [-0.05, 0) is 48.4 Å². The SMILES string of the molecule is CCN1C(=O)[C@@H]2CC(C)(C)CN2c2nc(CCc3cnn(Cc4cc(F)c(F)c(F)c4)c3)ncc21.S. The van der Waals surface area contributed by atoms with Crippen LogP contribution in [-0.4, -0.2) is 44.8 Å². The zero-order chi connectivity index (χ0) is 24.9. The van der Waals surface area contributed by atoms with Gasteiger partial charge < -0.3 is 9.80 Å². The van der Waals surface area contributed by atoms with Gasteiger partial charge in [0.2, 0.25) is 5.91 Å². The summed E-state index contributed by atoms with van der Waals surface area (Å²) in [4.78, 5) is 26.3. The highest BCUT2D eigenvalue weighted by Gasteiger charge is 2.48. The van der Waals surface area contributed by atoms with Crippen LogP contribution >= 0.6 is 13.5 Å². The highest BCUT2D eigenvalue weighted by molar-refractivity contribution is 7.59. The van der Waals surface area contributed by atoms with Crippen molar-refractivity contribution in [1.82, 2.24) is 19.7 Å². The van der Waals surface area contributed by atoms with Gasteiger partial charge in [-0.15, -0.1) is 0 Å². The number of carbonyl (C=O) groups excluding carboxylic acids is 1. The highest BCUT2D eigenvalue weighted by Crippen LogP contribution is 2.44. The average molecular weight is 519 g/mol. The number of hydrogen-bond acceptors (Lipinski definition) is 5. The summed E-state index contributed by atoms with van der Waals surface area (Å²) >= 11 is 0. The van der Waals surface area contributed by atoms with Crippen LogP contribution in [0.15, 0.2) is 30.7 Å². The lowest BCUT2D eigenvalue weighted by Gasteiger charge is -2.37. The van der Waals surface area contributed by atoms with Crippen LogP contribution in [0, 0.1) is 22.9 Å². The van der Waals surface area contributed by atoms with E-state index in [-0.39, 0.29) is 43.0 Å². The van der Waals surface area contributed by atoms with Gasteiger partial charge in [0.05, 0.1) is 18.9 Å². The lowest BCUT2D eigenvalue weighted by Crippen LogP contribution is -2.51. The Balaban J connectivity index is 0.00000304. The molecule has 11 heteroatoms. The number of amides is 1. The van der Waals surface area contributed by atoms with Crippen LogP contribution in [0.2, 0.25) is 0 Å². The number of hydrogen-bond donors (Lipinski definition) is 0. The third kappa shape index (κ3) is 4.80. The van der Waals surface area contributed by atoms with Crippen molar-refractivity contribution < 1.29 is 18.0 Å². The van der Waals surface area contributed by atoms with Crippen molar-refractivity contribution in [1.29, 1.82) is 0 Å². The Morgan fingerprint density at radius 1 is 1.08 bits per heavy atom. The average Bonchev–Trinajstić information content (AvgIpc) is 3.39. The molecule has 4 heterocycles. The Hall–Kier alpha value is -3.08. The van der Waals surface area contributed by atoms with Crippen LogP contribution in [0.25, 0.3) is 0 Å². The smallest absolute Gasteiger partial charge is 0.249 e. The van der Waals surface area contributed by atoms with E-state index in [0.717, 1.165) is 42.2 Å². The maximum absolute atomic E-state index is 13.5. The second-order valence-corrected chi connectivity index (χ2v) is 10.0. The van der Waals surface area contributed by atoms with Gasteiger partial charge in [0.1, 0.15) is 17.6 Å². The first-order chi connectivity index (χ1) is 16.6. The Morgan fingerprint density at radius 3 is 2.50 bits per heavy atom. The number of aromatic nitrogens is 4. The van der Waals surface area contributed by atoms with E-state index in [9.17, 15) is 18.0 Å². The summed E-state index contributed by atoms with van der Waals surface area (Å²) < 4.78 is 41.7. The van der Waals surface area contributed by atoms with Crippen LogP contribution in [0.1, 0.15) is 44.1 Å². The minimum atomic E-state index is -1.48. The molecule has 1 amide bonds. The van der Waals surface area contributed by atoms with Gasteiger partial charge in [-0.1, -0.05) is 13.8 Å². The first-order valence-corrected chi connectivity index (χ1v) is 11.7. The number of likely N-dealkylation sites (N-methyl/N-ethyl adjacent to an activating group) is 1. The van der Waals surface area contributed by atoms with Crippen LogP contribution in [0.4, 0.5) is 24.7 Å². The molecule has 0 aliphatic carbocycles. The fourth-order valence-corrected chi connectivity index (χ4v) is 5.03. The van der Waals surface area contributed by atoms with Gasteiger partial charge in [0, 0.05) is 25.7 Å². The van der Waals surface area contributed by atoms with Crippen molar-refractivity contribution in [3.63, 3.8) is 0 Å². The molecule has 0 unspecified atom stereocenters. The first kappa shape index (κ1) is 26.0. The van der Waals surface area contributed by atoms with Gasteiger partial charge in [-0.25, -0.2) is 23.1 Å². The number of aryl methyl sites for hydroxylation is 2. The van der Waals surface area contributed by atoms with Crippen molar-refractivity contribution in [2.24, 2.45) is 5.41 Å². The van der Waals surface area contributed by atoms with E-state index in [1.165, 1.54) is 0 Å². The molecule has 1 fully saturated rings. The molecule has 5 rings (SSSR count). The molecule has 7 nitrogen and oxygen atoms in total. The molecular weight excluding hydrogens is 489 g/mol. The maximum Gasteiger partial charge on any atom is 0.249 e. The number of halogens is 3. The topological polar surface area (TPSA) is 67.2 Å². The summed E-state index contributed by atoms with van der Waals surface area (Å²) in [6.45, 7) is 7.75. The number of nitrogens with zero attached hydrogens (tertiary/aromatic N) is 6. The quantitative estimate of drug-likeness (QED) is 0.462. The van der Waals surface area contributed by atoms with E-state index >= 15 is 0 Å². The minimum Gasteiger partial charge on any atom is -0.342 e. The van der Waals surface area contributed by atoms with Crippen molar-refractivity contribution in [2.75, 3.05) is 22.9 Å². The Morgan fingerprint density at radius 2 is 1.81 bits per heavy atom. The molecule has 0 N–H and O–H groups in total. The van der Waals surface area contributed by atoms with Crippen molar-refractivity contribution in [3.8, 4) is 0 Å². The minimum absolute atomic E-state index is 0. The number of anilines is 2. The fraction of sp³-hybridized carbons (Fsp3) is 0.440. The third-order valence-corrected chi connectivity index (χ3v) is 6.66. The Kier molecular flexibility index (Phi) is 7.05. The summed E-state index contributed by atoms with van der Waals surface area (Å²) in [5.41, 5.74) is 1.98. The maximum atomic E-state index is 13.5. The third-order valence-electron chi connectivity index (χ3n) is 6.66. The Labute approximate surface area is 214 Å². The van der Waals surface area contributed by atoms with E-state index < -0.39 is 17.5 Å². The van der Waals surface area contributed by atoms with Crippen LogP contribution in [-0.2, 0) is 24.2 Å². The lowest BCUT2D eigenvalue weighted by molar-refractivity contribution is -0.120. The normalized spacial score (nSPS) is 18.2. The molecule has 2 aromatic heterocycles. The zero-order valence-electron chi connectivity index (χ0n) is 20.4. The first-order valence-electron chi connectivity index (χ1n) is 11.7. The molecule has 192 valence electrons. The van der Waals surface area contributed by atoms with E-state index in [2.05, 4.69) is 28.8 Å². The Bertz CT molecular complexity index is 1270. The van der Waals surface area contributed by atoms with Gasteiger partial charge in [-0.3, -0.25) is 9.48 Å². The predicted octanol–water partition coefficient (Wildman–Crippen LogP) is 4.01. The molecule has 0 saturated carbocycles. The second-order valence-electron chi connectivity index (χ2n) is 10.0. The van der Waals surface area contributed by atoms with Gasteiger partial charge in [-0.2, -0.15) is 18.6 Å². The highest BCUT2D eigenvalue weighted by atomic mass is 32.1. The standard InChI is InChI=1S/C25H27F3N6O.H2S/c1-4-33-20-11-29-21(31-23(20)34-14-25(2,3)9-19(34)24(33)35)6-5-15-10-30-32(12-15)13-16-7-17(26)22(28)18(27)8-16;/h7-8,10-12,19H,4-6,9,13-14H2,1-3H3;1H2/t19-;/m0./s1. The monoisotopic (exact) mass is 518 g/mol. The fourth-order valence-electron chi connectivity index (χ4n) is 5.03. The molecule has 36 heavy (non-hydrogen) atoms. The predicted molar refractivity (Wildman–Crippen MR) is 135 cm³/mol. The number of benzene rings is 1. The van der Waals surface area contributed by atoms with E-state index in [1.54, 1.807) is 28.2 Å². The van der Waals surface area contributed by atoms with Crippen molar-refractivity contribution >= 4 is 30.9 Å². The summed E-state index contributed by atoms with van der Waals surface area (Å²) in [5, 5.41) is 4.25. The largest absolute Gasteiger partial charge is 0.342 e. The van der Waals surface area contributed by atoms with Crippen molar-refractivity contribution in [2.45, 2.75) is 52.6 Å². The molecule has 0 bridgehead atoms. The van der Waals surface area contributed by atoms with Crippen molar-refractivity contribution in [3.05, 3.63) is 65.1 Å². The molecule has 0 spiro atoms. The molecular formula is C25H29F3N6OS. The molecule has 3 aromatic rings. The zero-order valence-corrected chi connectivity index (χ0v) is 21.4. The molecule has 1 aromatic carbocycles. The lowest BCUT2D eigenvalue weighted by atomic mass is 9.90. The molecule has 0 radical (unpaired) electrons. The van der Waals surface area contributed by atoms with Gasteiger partial charge >= 0.3 is 0 Å². The molecule has 2 aliphatic rings. The molecule has 1 atom stereocenters. The number of carbonyl (C=O) groups is 1. The summed E-state index contributed by atoms with van der Waals surface area (Å²) in [6, 6.07) is 1.75. The van der Waals surface area contributed by atoms with Gasteiger partial charge in [0.25, 0.3) is 0 Å². The van der Waals surface area contributed by atoms with Crippen LogP contribution in [0.3, 0.4) is 0 Å². The summed E-state index contributed by atoms with van der Waals surface area (Å²) in [6.07, 6.45) is 7.19. The van der Waals surface area contributed by atoms with Crippen LogP contribution < -0.4 is 9.80 Å². The van der Waals surface area contributed by atoms with E-state index in [1.807, 2.05) is 6.92 Å². The summed E-state index contributed by atoms with van der Waals surface area (Å²) in [7, 11) is 0. The molecule has 2 aliphatic heterocycles. The second kappa shape index (κ2) is 9.76. The summed E-state index contributed by atoms with van der Waals surface area (Å²) in [5.74, 6) is -2.32. The van der Waals surface area contributed by atoms with E-state index in [4.69, 9.17) is 4.98 Å². The van der Waals surface area contributed by atoms with Crippen LogP contribution in [0.5, 0.6) is 0 Å². The van der Waals surface area contributed by atoms with E-state index in [0.29, 0.717) is 25.2 Å². The van der Waals surface area contributed by atoms with Gasteiger partial charge in [0.15, 0.2) is 23.3 Å².